The number of hydrogen-bond donors (Lipinski definition) is 0. The number of hydrogen-bond acceptors (Lipinski definition) is 4. The Hall–Kier alpha value is -1.39. The zero-order chi connectivity index (χ0) is 16.0. The van der Waals surface area contributed by atoms with Crippen LogP contribution < -0.4 is 4.74 Å². The monoisotopic (exact) mass is 308 g/mol. The second-order valence-electron chi connectivity index (χ2n) is 5.28. The zero-order valence-corrected chi connectivity index (χ0v) is 13.8. The van der Waals surface area contributed by atoms with E-state index in [-0.39, 0.29) is 6.10 Å². The van der Waals surface area contributed by atoms with Gasteiger partial charge in [0.1, 0.15) is 24.7 Å². The van der Waals surface area contributed by atoms with Crippen molar-refractivity contribution in [1.29, 1.82) is 0 Å². The molecule has 0 radical (unpaired) electrons. The molecule has 0 amide bonds. The van der Waals surface area contributed by atoms with Crippen molar-refractivity contribution in [3.05, 3.63) is 29.8 Å². The second-order valence-corrected chi connectivity index (χ2v) is 5.28. The van der Waals surface area contributed by atoms with E-state index in [0.717, 1.165) is 45.2 Å². The molecule has 124 valence electrons. The van der Waals surface area contributed by atoms with Crippen LogP contribution in [0.3, 0.4) is 0 Å². The Morgan fingerprint density at radius 3 is 2.59 bits per heavy atom. The summed E-state index contributed by atoms with van der Waals surface area (Å²) in [6.45, 7) is 6.72. The summed E-state index contributed by atoms with van der Waals surface area (Å²) >= 11 is 0. The maximum atomic E-state index is 10.8. The molecule has 1 aromatic carbocycles. The van der Waals surface area contributed by atoms with E-state index in [2.05, 4.69) is 13.8 Å². The molecule has 0 aliphatic heterocycles. The Bertz CT molecular complexity index is 406. The van der Waals surface area contributed by atoms with E-state index in [9.17, 15) is 4.79 Å². The van der Waals surface area contributed by atoms with Crippen molar-refractivity contribution in [2.24, 2.45) is 0 Å². The van der Waals surface area contributed by atoms with E-state index in [1.807, 2.05) is 12.1 Å². The third kappa shape index (κ3) is 8.15. The Balaban J connectivity index is 2.41. The lowest BCUT2D eigenvalue weighted by atomic mass is 10.2. The van der Waals surface area contributed by atoms with Crippen molar-refractivity contribution in [3.63, 3.8) is 0 Å². The Kier molecular flexibility index (Phi) is 10.3. The van der Waals surface area contributed by atoms with Crippen LogP contribution in [0.4, 0.5) is 0 Å². The number of carbonyl (C=O) groups is 1. The summed E-state index contributed by atoms with van der Waals surface area (Å²) in [6.07, 6.45) is 5.05. The number of unbranched alkanes of at least 4 members (excludes halogenated alkanes) is 2. The van der Waals surface area contributed by atoms with Crippen LogP contribution in [-0.4, -0.2) is 38.8 Å². The first-order valence-corrected chi connectivity index (χ1v) is 8.17. The van der Waals surface area contributed by atoms with Gasteiger partial charge in [0.15, 0.2) is 0 Å². The second kappa shape index (κ2) is 12.2. The summed E-state index contributed by atoms with van der Waals surface area (Å²) in [5.74, 6) is 0.683. The van der Waals surface area contributed by atoms with Crippen molar-refractivity contribution < 1.29 is 19.0 Å². The number of ether oxygens (including phenoxy) is 3. The Morgan fingerprint density at radius 1 is 1.09 bits per heavy atom. The van der Waals surface area contributed by atoms with Gasteiger partial charge < -0.3 is 14.2 Å². The molecule has 1 atom stereocenters. The van der Waals surface area contributed by atoms with Crippen LogP contribution in [0.25, 0.3) is 0 Å². The summed E-state index contributed by atoms with van der Waals surface area (Å²) in [4.78, 5) is 10.8. The minimum absolute atomic E-state index is 0.0803. The number of aldehydes is 1. The molecule has 0 heterocycles. The molecule has 0 fully saturated rings. The third-order valence-corrected chi connectivity index (χ3v) is 3.23. The molecule has 0 aliphatic carbocycles. The van der Waals surface area contributed by atoms with Crippen molar-refractivity contribution in [2.75, 3.05) is 26.4 Å². The van der Waals surface area contributed by atoms with Crippen LogP contribution in [0.15, 0.2) is 24.3 Å². The van der Waals surface area contributed by atoms with Crippen LogP contribution in [0.5, 0.6) is 5.75 Å². The molecule has 0 unspecified atom stereocenters. The predicted octanol–water partition coefficient (Wildman–Crippen LogP) is 3.88. The lowest BCUT2D eigenvalue weighted by Crippen LogP contribution is -2.28. The first-order valence-electron chi connectivity index (χ1n) is 8.17. The average molecular weight is 308 g/mol. The highest BCUT2D eigenvalue weighted by molar-refractivity contribution is 5.75. The summed E-state index contributed by atoms with van der Waals surface area (Å²) in [5, 5.41) is 0. The van der Waals surface area contributed by atoms with Gasteiger partial charge in [-0.1, -0.05) is 38.8 Å². The molecule has 4 heteroatoms. The van der Waals surface area contributed by atoms with Crippen molar-refractivity contribution in [2.45, 2.75) is 45.6 Å². The molecule has 1 rings (SSSR count). The zero-order valence-electron chi connectivity index (χ0n) is 13.8. The molecular weight excluding hydrogens is 280 g/mol. The highest BCUT2D eigenvalue weighted by Crippen LogP contribution is 2.13. The lowest BCUT2D eigenvalue weighted by molar-refractivity contribution is -0.0384. The van der Waals surface area contributed by atoms with Gasteiger partial charge in [-0.15, -0.1) is 0 Å². The fraction of sp³-hybridized carbons (Fsp3) is 0.611. The van der Waals surface area contributed by atoms with Crippen molar-refractivity contribution in [1.82, 2.24) is 0 Å². The van der Waals surface area contributed by atoms with Crippen LogP contribution in [0, 0.1) is 0 Å². The van der Waals surface area contributed by atoms with Crippen molar-refractivity contribution >= 4 is 6.29 Å². The number of rotatable bonds is 13. The minimum atomic E-state index is -0.0803. The SMILES string of the molecule is CCCCOC[C@H](COc1cccc(C=O)c1)OCCCC. The average Bonchev–Trinajstić information content (AvgIpc) is 2.56. The maximum Gasteiger partial charge on any atom is 0.150 e. The van der Waals surface area contributed by atoms with Crippen molar-refractivity contribution in [3.8, 4) is 5.75 Å². The molecule has 0 saturated heterocycles. The highest BCUT2D eigenvalue weighted by atomic mass is 16.6. The fourth-order valence-electron chi connectivity index (χ4n) is 1.87. The predicted molar refractivity (Wildman–Crippen MR) is 87.7 cm³/mol. The molecule has 0 N–H and O–H groups in total. The normalized spacial score (nSPS) is 12.1. The molecule has 0 saturated carbocycles. The van der Waals surface area contributed by atoms with Gasteiger partial charge in [0, 0.05) is 18.8 Å². The van der Waals surface area contributed by atoms with Crippen LogP contribution in [0.2, 0.25) is 0 Å². The summed E-state index contributed by atoms with van der Waals surface area (Å²) < 4.78 is 17.2. The molecule has 0 aliphatic rings. The maximum absolute atomic E-state index is 10.8. The van der Waals surface area contributed by atoms with Gasteiger partial charge in [-0.2, -0.15) is 0 Å². The smallest absolute Gasteiger partial charge is 0.150 e. The summed E-state index contributed by atoms with van der Waals surface area (Å²) in [6, 6.07) is 7.13. The van der Waals surface area contributed by atoms with E-state index >= 15 is 0 Å². The van der Waals surface area contributed by atoms with Gasteiger partial charge in [0.25, 0.3) is 0 Å². The molecule has 1 aromatic rings. The fourth-order valence-corrected chi connectivity index (χ4v) is 1.87. The lowest BCUT2D eigenvalue weighted by Gasteiger charge is -2.19. The first-order chi connectivity index (χ1) is 10.8. The molecule has 0 spiro atoms. The molecule has 0 bridgehead atoms. The van der Waals surface area contributed by atoms with E-state index in [1.54, 1.807) is 12.1 Å². The number of carbonyl (C=O) groups excluding carboxylic acids is 1. The van der Waals surface area contributed by atoms with E-state index in [0.29, 0.717) is 24.5 Å². The van der Waals surface area contributed by atoms with E-state index in [1.165, 1.54) is 0 Å². The van der Waals surface area contributed by atoms with Crippen LogP contribution >= 0.6 is 0 Å². The van der Waals surface area contributed by atoms with E-state index in [4.69, 9.17) is 14.2 Å². The largest absolute Gasteiger partial charge is 0.491 e. The first kappa shape index (κ1) is 18.7. The van der Waals surface area contributed by atoms with Gasteiger partial charge >= 0.3 is 0 Å². The van der Waals surface area contributed by atoms with Crippen LogP contribution in [0.1, 0.15) is 49.9 Å². The van der Waals surface area contributed by atoms with Gasteiger partial charge in [0.2, 0.25) is 0 Å². The Labute approximate surface area is 133 Å². The minimum Gasteiger partial charge on any atom is -0.491 e. The third-order valence-electron chi connectivity index (χ3n) is 3.23. The quantitative estimate of drug-likeness (QED) is 0.410. The molecular formula is C18H28O4. The number of benzene rings is 1. The highest BCUT2D eigenvalue weighted by Gasteiger charge is 2.11. The van der Waals surface area contributed by atoms with Gasteiger partial charge in [-0.25, -0.2) is 0 Å². The topological polar surface area (TPSA) is 44.8 Å². The van der Waals surface area contributed by atoms with E-state index < -0.39 is 0 Å². The summed E-state index contributed by atoms with van der Waals surface area (Å²) in [5.41, 5.74) is 0.611. The van der Waals surface area contributed by atoms with Crippen LogP contribution in [-0.2, 0) is 9.47 Å². The van der Waals surface area contributed by atoms with Gasteiger partial charge in [-0.3, -0.25) is 4.79 Å². The van der Waals surface area contributed by atoms with Gasteiger partial charge in [0.05, 0.1) is 6.61 Å². The van der Waals surface area contributed by atoms with Gasteiger partial charge in [-0.05, 0) is 25.0 Å². The molecule has 22 heavy (non-hydrogen) atoms. The summed E-state index contributed by atoms with van der Waals surface area (Å²) in [7, 11) is 0. The Morgan fingerprint density at radius 2 is 1.86 bits per heavy atom. The standard InChI is InChI=1S/C18H28O4/c1-3-5-10-20-14-18(21-11-6-4-2)15-22-17-9-7-8-16(12-17)13-19/h7-9,12-13,18H,3-6,10-11,14-15H2,1-2H3/t18-/m1/s1. The molecule has 4 nitrogen and oxygen atoms in total. The molecule has 0 aromatic heterocycles.